The first-order chi connectivity index (χ1) is 6.50. The van der Waals surface area contributed by atoms with E-state index in [2.05, 4.69) is 25.2 Å². The van der Waals surface area contributed by atoms with Crippen LogP contribution in [0.25, 0.3) is 0 Å². The molecule has 0 radical (unpaired) electrons. The highest BCUT2D eigenvalue weighted by Crippen LogP contribution is 2.21. The average molecular weight is 192 g/mol. The number of carbonyl (C=O) groups excluding carboxylic acids is 1. The average Bonchev–Trinajstić information content (AvgIpc) is 2.07. The molecule has 1 aromatic rings. The first kappa shape index (κ1) is 10.6. The van der Waals surface area contributed by atoms with Crippen molar-refractivity contribution in [2.45, 2.75) is 26.7 Å². The molecular weight excluding hydrogens is 176 g/mol. The SMILES string of the molecule is Cc1ccc(C(C)C)cc1NC(N)=O. The van der Waals surface area contributed by atoms with Gasteiger partial charge in [0.25, 0.3) is 0 Å². The van der Waals surface area contributed by atoms with Crippen LogP contribution in [-0.2, 0) is 0 Å². The molecule has 1 aromatic carbocycles. The molecule has 0 aliphatic rings. The summed E-state index contributed by atoms with van der Waals surface area (Å²) in [4.78, 5) is 10.7. The normalized spacial score (nSPS) is 10.3. The van der Waals surface area contributed by atoms with E-state index in [4.69, 9.17) is 5.73 Å². The first-order valence-corrected chi connectivity index (χ1v) is 4.67. The van der Waals surface area contributed by atoms with E-state index in [1.165, 1.54) is 5.56 Å². The van der Waals surface area contributed by atoms with Gasteiger partial charge in [0.05, 0.1) is 0 Å². The van der Waals surface area contributed by atoms with E-state index >= 15 is 0 Å². The maximum atomic E-state index is 10.7. The fourth-order valence-corrected chi connectivity index (χ4v) is 1.27. The summed E-state index contributed by atoms with van der Waals surface area (Å²) in [6, 6.07) is 5.49. The Morgan fingerprint density at radius 2 is 2.07 bits per heavy atom. The molecule has 2 amide bonds. The number of benzene rings is 1. The van der Waals surface area contributed by atoms with Crippen molar-refractivity contribution >= 4 is 11.7 Å². The van der Waals surface area contributed by atoms with Gasteiger partial charge in [-0.05, 0) is 30.0 Å². The summed E-state index contributed by atoms with van der Waals surface area (Å²) in [5.74, 6) is 0.448. The monoisotopic (exact) mass is 192 g/mol. The van der Waals surface area contributed by atoms with E-state index < -0.39 is 6.03 Å². The fourth-order valence-electron chi connectivity index (χ4n) is 1.27. The van der Waals surface area contributed by atoms with Crippen molar-refractivity contribution < 1.29 is 4.79 Å². The number of nitrogens with two attached hydrogens (primary N) is 1. The highest BCUT2D eigenvalue weighted by atomic mass is 16.2. The van der Waals surface area contributed by atoms with Crippen LogP contribution in [0.15, 0.2) is 18.2 Å². The molecule has 0 bridgehead atoms. The predicted octanol–water partition coefficient (Wildman–Crippen LogP) is 2.61. The summed E-state index contributed by atoms with van der Waals surface area (Å²) in [7, 11) is 0. The van der Waals surface area contributed by atoms with E-state index in [0.29, 0.717) is 5.92 Å². The number of hydrogen-bond acceptors (Lipinski definition) is 1. The first-order valence-electron chi connectivity index (χ1n) is 4.67. The standard InChI is InChI=1S/C11H16N2O/c1-7(2)9-5-4-8(3)10(6-9)13-11(12)14/h4-7H,1-3H3,(H3,12,13,14). The van der Waals surface area contributed by atoms with Crippen molar-refractivity contribution in [2.75, 3.05) is 5.32 Å². The van der Waals surface area contributed by atoms with Crippen LogP contribution in [0.5, 0.6) is 0 Å². The third-order valence-electron chi connectivity index (χ3n) is 2.19. The lowest BCUT2D eigenvalue weighted by atomic mass is 10.0. The van der Waals surface area contributed by atoms with Gasteiger partial charge in [0.15, 0.2) is 0 Å². The second-order valence-electron chi connectivity index (χ2n) is 3.72. The molecule has 3 nitrogen and oxygen atoms in total. The number of rotatable bonds is 2. The molecule has 3 N–H and O–H groups in total. The van der Waals surface area contributed by atoms with Gasteiger partial charge >= 0.3 is 6.03 Å². The molecule has 0 spiro atoms. The van der Waals surface area contributed by atoms with Crippen molar-refractivity contribution in [3.05, 3.63) is 29.3 Å². The Morgan fingerprint density at radius 1 is 1.43 bits per heavy atom. The number of carbonyl (C=O) groups is 1. The van der Waals surface area contributed by atoms with Crippen LogP contribution in [0.4, 0.5) is 10.5 Å². The molecule has 0 atom stereocenters. The third kappa shape index (κ3) is 2.49. The smallest absolute Gasteiger partial charge is 0.316 e. The van der Waals surface area contributed by atoms with Crippen molar-refractivity contribution in [3.8, 4) is 0 Å². The minimum absolute atomic E-state index is 0.448. The summed E-state index contributed by atoms with van der Waals surface area (Å²) >= 11 is 0. The van der Waals surface area contributed by atoms with E-state index in [-0.39, 0.29) is 0 Å². The number of aryl methyl sites for hydroxylation is 1. The van der Waals surface area contributed by atoms with Crippen LogP contribution in [0, 0.1) is 6.92 Å². The Hall–Kier alpha value is -1.51. The number of hydrogen-bond donors (Lipinski definition) is 2. The Bertz CT molecular complexity index is 345. The zero-order chi connectivity index (χ0) is 10.7. The molecule has 0 heterocycles. The molecule has 0 fully saturated rings. The maximum Gasteiger partial charge on any atom is 0.316 e. The molecule has 0 aliphatic carbocycles. The van der Waals surface area contributed by atoms with Crippen molar-refractivity contribution in [1.82, 2.24) is 0 Å². The van der Waals surface area contributed by atoms with E-state index in [0.717, 1.165) is 11.3 Å². The van der Waals surface area contributed by atoms with E-state index in [1.54, 1.807) is 0 Å². The third-order valence-corrected chi connectivity index (χ3v) is 2.19. The van der Waals surface area contributed by atoms with Gasteiger partial charge in [-0.3, -0.25) is 0 Å². The van der Waals surface area contributed by atoms with Gasteiger partial charge in [-0.25, -0.2) is 4.79 Å². The number of primary amides is 1. The molecule has 0 aliphatic heterocycles. The van der Waals surface area contributed by atoms with Gasteiger partial charge < -0.3 is 11.1 Å². The van der Waals surface area contributed by atoms with Crippen LogP contribution in [-0.4, -0.2) is 6.03 Å². The van der Waals surface area contributed by atoms with Gasteiger partial charge in [0.2, 0.25) is 0 Å². The Labute approximate surface area is 84.3 Å². The van der Waals surface area contributed by atoms with Crippen LogP contribution >= 0.6 is 0 Å². The summed E-state index contributed by atoms with van der Waals surface area (Å²) in [6.45, 7) is 6.16. The lowest BCUT2D eigenvalue weighted by molar-refractivity contribution is 0.259. The quantitative estimate of drug-likeness (QED) is 0.743. The van der Waals surface area contributed by atoms with Crippen LogP contribution in [0.3, 0.4) is 0 Å². The lowest BCUT2D eigenvalue weighted by Crippen LogP contribution is -2.20. The summed E-state index contributed by atoms with van der Waals surface area (Å²) < 4.78 is 0. The number of anilines is 1. The van der Waals surface area contributed by atoms with Gasteiger partial charge in [-0.1, -0.05) is 26.0 Å². The minimum Gasteiger partial charge on any atom is -0.351 e. The summed E-state index contributed by atoms with van der Waals surface area (Å²) in [5.41, 5.74) is 8.08. The van der Waals surface area contributed by atoms with Crippen molar-refractivity contribution in [3.63, 3.8) is 0 Å². The predicted molar refractivity (Wildman–Crippen MR) is 58.5 cm³/mol. The topological polar surface area (TPSA) is 55.1 Å². The number of urea groups is 1. The Kier molecular flexibility index (Phi) is 3.12. The van der Waals surface area contributed by atoms with Crippen LogP contribution < -0.4 is 11.1 Å². The summed E-state index contributed by atoms with van der Waals surface area (Å²) in [5, 5.41) is 2.61. The molecule has 0 saturated carbocycles. The Balaban J connectivity index is 3.02. The van der Waals surface area contributed by atoms with E-state index in [1.807, 2.05) is 19.1 Å². The lowest BCUT2D eigenvalue weighted by Gasteiger charge is -2.10. The molecule has 0 saturated heterocycles. The highest BCUT2D eigenvalue weighted by molar-refractivity contribution is 5.88. The molecule has 14 heavy (non-hydrogen) atoms. The van der Waals surface area contributed by atoms with Crippen LogP contribution in [0.2, 0.25) is 0 Å². The zero-order valence-corrected chi connectivity index (χ0v) is 8.79. The minimum atomic E-state index is -0.519. The van der Waals surface area contributed by atoms with Gasteiger partial charge in [0, 0.05) is 5.69 Å². The summed E-state index contributed by atoms with van der Waals surface area (Å²) in [6.07, 6.45) is 0. The van der Waals surface area contributed by atoms with Gasteiger partial charge in [-0.15, -0.1) is 0 Å². The Morgan fingerprint density at radius 3 is 2.57 bits per heavy atom. The number of amides is 2. The number of nitrogens with one attached hydrogen (secondary N) is 1. The van der Waals surface area contributed by atoms with Gasteiger partial charge in [0.1, 0.15) is 0 Å². The molecule has 0 aromatic heterocycles. The molecular formula is C11H16N2O. The van der Waals surface area contributed by atoms with Crippen molar-refractivity contribution in [2.24, 2.45) is 5.73 Å². The van der Waals surface area contributed by atoms with Crippen molar-refractivity contribution in [1.29, 1.82) is 0 Å². The second kappa shape index (κ2) is 4.13. The van der Waals surface area contributed by atoms with E-state index in [9.17, 15) is 4.79 Å². The zero-order valence-electron chi connectivity index (χ0n) is 8.79. The molecule has 76 valence electrons. The molecule has 3 heteroatoms. The maximum absolute atomic E-state index is 10.7. The highest BCUT2D eigenvalue weighted by Gasteiger charge is 2.04. The largest absolute Gasteiger partial charge is 0.351 e. The molecule has 1 rings (SSSR count). The van der Waals surface area contributed by atoms with Gasteiger partial charge in [-0.2, -0.15) is 0 Å². The second-order valence-corrected chi connectivity index (χ2v) is 3.72. The van der Waals surface area contributed by atoms with Crippen LogP contribution in [0.1, 0.15) is 30.9 Å². The molecule has 0 unspecified atom stereocenters. The fraction of sp³-hybridized carbons (Fsp3) is 0.364.